The van der Waals surface area contributed by atoms with Crippen LogP contribution in [-0.4, -0.2) is 56.7 Å². The number of Topliss-reactive ketones (excluding diaryl/α,β-unsaturated/α-hetero) is 1. The Morgan fingerprint density at radius 2 is 2.03 bits per heavy atom. The van der Waals surface area contributed by atoms with E-state index in [9.17, 15) is 4.79 Å². The largest absolute Gasteiger partial charge is 0.376 e. The highest BCUT2D eigenvalue weighted by Crippen LogP contribution is 2.28. The number of aryl methyl sites for hydroxylation is 1. The molecule has 182 valence electrons. The third-order valence-electron chi connectivity index (χ3n) is 6.85. The standard InChI is InChI=1S/C25H33N5O2S2/c1-18-14-22(19(2)29(18)16-21-9-7-13-33-21)23(31)17-34-25-27-26-24(28-10-4-3-5-11-28)30(25)15-20-8-6-12-32-20/h7,9,13-14,20H,3-6,8,10-12,15-17H2,1-2H3. The van der Waals surface area contributed by atoms with E-state index in [2.05, 4.69) is 48.7 Å². The molecule has 0 radical (unpaired) electrons. The summed E-state index contributed by atoms with van der Waals surface area (Å²) in [4.78, 5) is 16.9. The number of rotatable bonds is 9. The smallest absolute Gasteiger partial charge is 0.228 e. The number of piperidine rings is 1. The SMILES string of the molecule is Cc1cc(C(=O)CSc2nnc(N3CCCCC3)n2CC2CCCO2)c(C)n1Cc1cccs1. The number of hydrogen-bond acceptors (Lipinski definition) is 7. The van der Waals surface area contributed by atoms with Crippen molar-refractivity contribution in [1.29, 1.82) is 0 Å². The highest BCUT2D eigenvalue weighted by Gasteiger charge is 2.25. The van der Waals surface area contributed by atoms with Crippen LogP contribution in [0.2, 0.25) is 0 Å². The topological polar surface area (TPSA) is 65.2 Å². The second-order valence-corrected chi connectivity index (χ2v) is 11.2. The van der Waals surface area contributed by atoms with E-state index in [1.54, 1.807) is 11.3 Å². The van der Waals surface area contributed by atoms with Gasteiger partial charge in [0, 0.05) is 41.5 Å². The molecule has 2 aliphatic heterocycles. The van der Waals surface area contributed by atoms with Gasteiger partial charge in [-0.15, -0.1) is 21.5 Å². The van der Waals surface area contributed by atoms with Gasteiger partial charge >= 0.3 is 0 Å². The van der Waals surface area contributed by atoms with Crippen molar-refractivity contribution in [1.82, 2.24) is 19.3 Å². The van der Waals surface area contributed by atoms with Gasteiger partial charge in [-0.1, -0.05) is 17.8 Å². The second-order valence-electron chi connectivity index (χ2n) is 9.24. The zero-order valence-electron chi connectivity index (χ0n) is 20.0. The van der Waals surface area contributed by atoms with Crippen LogP contribution in [0.25, 0.3) is 0 Å². The Labute approximate surface area is 209 Å². The highest BCUT2D eigenvalue weighted by atomic mass is 32.2. The van der Waals surface area contributed by atoms with Crippen molar-refractivity contribution in [2.75, 3.05) is 30.3 Å². The molecule has 5 rings (SSSR count). The van der Waals surface area contributed by atoms with Gasteiger partial charge in [-0.2, -0.15) is 0 Å². The summed E-state index contributed by atoms with van der Waals surface area (Å²) in [6, 6.07) is 6.24. The summed E-state index contributed by atoms with van der Waals surface area (Å²) in [5.74, 6) is 1.42. The molecule has 0 bridgehead atoms. The van der Waals surface area contributed by atoms with Gasteiger partial charge in [0.1, 0.15) is 0 Å². The predicted molar refractivity (Wildman–Crippen MR) is 137 cm³/mol. The van der Waals surface area contributed by atoms with Crippen molar-refractivity contribution in [2.45, 2.75) is 70.3 Å². The van der Waals surface area contributed by atoms with Crippen LogP contribution in [0.3, 0.4) is 0 Å². The highest BCUT2D eigenvalue weighted by molar-refractivity contribution is 7.99. The van der Waals surface area contributed by atoms with Crippen LogP contribution in [0.4, 0.5) is 5.95 Å². The zero-order chi connectivity index (χ0) is 23.5. The third kappa shape index (κ3) is 5.11. The summed E-state index contributed by atoms with van der Waals surface area (Å²) in [7, 11) is 0. The molecular formula is C25H33N5O2S2. The number of thioether (sulfide) groups is 1. The van der Waals surface area contributed by atoms with Crippen LogP contribution >= 0.6 is 23.1 Å². The lowest BCUT2D eigenvalue weighted by atomic mass is 10.1. The van der Waals surface area contributed by atoms with Gasteiger partial charge in [-0.3, -0.25) is 9.36 Å². The second kappa shape index (κ2) is 10.7. The fourth-order valence-corrected chi connectivity index (χ4v) is 6.48. The van der Waals surface area contributed by atoms with E-state index in [0.29, 0.717) is 5.75 Å². The van der Waals surface area contributed by atoms with Crippen molar-refractivity contribution in [3.8, 4) is 0 Å². The first kappa shape index (κ1) is 23.6. The van der Waals surface area contributed by atoms with Crippen molar-refractivity contribution in [3.63, 3.8) is 0 Å². The first-order chi connectivity index (χ1) is 16.6. The molecule has 1 unspecified atom stereocenters. The van der Waals surface area contributed by atoms with Gasteiger partial charge in [0.05, 0.1) is 24.9 Å². The van der Waals surface area contributed by atoms with Crippen LogP contribution in [0, 0.1) is 13.8 Å². The van der Waals surface area contributed by atoms with Crippen molar-refractivity contribution < 1.29 is 9.53 Å². The summed E-state index contributed by atoms with van der Waals surface area (Å²) < 4.78 is 10.3. The van der Waals surface area contributed by atoms with E-state index in [-0.39, 0.29) is 11.9 Å². The number of carbonyl (C=O) groups excluding carboxylic acids is 1. The molecule has 3 aromatic heterocycles. The van der Waals surface area contributed by atoms with Crippen LogP contribution in [0.1, 0.15) is 58.7 Å². The Morgan fingerprint density at radius 1 is 1.18 bits per heavy atom. The molecule has 0 aliphatic carbocycles. The normalized spacial score (nSPS) is 18.6. The molecule has 0 spiro atoms. The molecule has 9 heteroatoms. The van der Waals surface area contributed by atoms with Crippen molar-refractivity contribution >= 4 is 34.8 Å². The summed E-state index contributed by atoms with van der Waals surface area (Å²) in [5, 5.41) is 12.0. The Kier molecular flexibility index (Phi) is 7.41. The fraction of sp³-hybridized carbons (Fsp3) is 0.560. The average Bonchev–Trinajstić information content (AvgIpc) is 3.65. The van der Waals surface area contributed by atoms with E-state index in [1.165, 1.54) is 35.9 Å². The Morgan fingerprint density at radius 3 is 2.76 bits per heavy atom. The minimum Gasteiger partial charge on any atom is -0.376 e. The van der Waals surface area contributed by atoms with E-state index in [0.717, 1.165) is 73.7 Å². The summed E-state index contributed by atoms with van der Waals surface area (Å²) >= 11 is 3.24. The summed E-state index contributed by atoms with van der Waals surface area (Å²) in [6.45, 7) is 8.55. The van der Waals surface area contributed by atoms with Gasteiger partial charge in [0.2, 0.25) is 5.95 Å². The van der Waals surface area contributed by atoms with Gasteiger partial charge in [0.25, 0.3) is 0 Å². The molecule has 0 N–H and O–H groups in total. The summed E-state index contributed by atoms with van der Waals surface area (Å²) in [6.07, 6.45) is 6.03. The number of anilines is 1. The quantitative estimate of drug-likeness (QED) is 0.307. The molecular weight excluding hydrogens is 466 g/mol. The molecule has 34 heavy (non-hydrogen) atoms. The maximum Gasteiger partial charge on any atom is 0.228 e. The Bertz CT molecular complexity index is 1110. The molecule has 5 heterocycles. The molecule has 3 aromatic rings. The lowest BCUT2D eigenvalue weighted by Crippen LogP contribution is -2.33. The molecule has 0 amide bonds. The third-order valence-corrected chi connectivity index (χ3v) is 8.67. The average molecular weight is 500 g/mol. The first-order valence-corrected chi connectivity index (χ1v) is 14.1. The molecule has 2 saturated heterocycles. The van der Waals surface area contributed by atoms with Gasteiger partial charge < -0.3 is 14.2 Å². The molecule has 0 saturated carbocycles. The van der Waals surface area contributed by atoms with E-state index < -0.39 is 0 Å². The maximum atomic E-state index is 13.2. The number of aromatic nitrogens is 4. The first-order valence-electron chi connectivity index (χ1n) is 12.2. The molecule has 2 aliphatic rings. The van der Waals surface area contributed by atoms with E-state index >= 15 is 0 Å². The van der Waals surface area contributed by atoms with Crippen LogP contribution in [-0.2, 0) is 17.8 Å². The lowest BCUT2D eigenvalue weighted by molar-refractivity contribution is 0.0951. The predicted octanol–water partition coefficient (Wildman–Crippen LogP) is 4.95. The monoisotopic (exact) mass is 499 g/mol. The number of thiophene rings is 1. The number of carbonyl (C=O) groups is 1. The van der Waals surface area contributed by atoms with Gasteiger partial charge in [-0.25, -0.2) is 0 Å². The number of ether oxygens (including phenoxy) is 1. The van der Waals surface area contributed by atoms with E-state index in [4.69, 9.17) is 4.74 Å². The Hall–Kier alpha value is -2.10. The van der Waals surface area contributed by atoms with Crippen LogP contribution in [0.15, 0.2) is 28.7 Å². The van der Waals surface area contributed by atoms with Crippen LogP contribution in [0.5, 0.6) is 0 Å². The zero-order valence-corrected chi connectivity index (χ0v) is 21.7. The van der Waals surface area contributed by atoms with Crippen LogP contribution < -0.4 is 4.90 Å². The minimum absolute atomic E-state index is 0.140. The number of nitrogens with zero attached hydrogens (tertiary/aromatic N) is 5. The minimum atomic E-state index is 0.140. The van der Waals surface area contributed by atoms with Gasteiger partial charge in [0.15, 0.2) is 10.9 Å². The van der Waals surface area contributed by atoms with E-state index in [1.807, 2.05) is 13.0 Å². The van der Waals surface area contributed by atoms with Gasteiger partial charge in [-0.05, 0) is 63.5 Å². The maximum absolute atomic E-state index is 13.2. The lowest BCUT2D eigenvalue weighted by Gasteiger charge is -2.28. The molecule has 2 fully saturated rings. The molecule has 0 aromatic carbocycles. The number of ketones is 1. The summed E-state index contributed by atoms with van der Waals surface area (Å²) in [5.41, 5.74) is 2.96. The van der Waals surface area contributed by atoms with Crippen molar-refractivity contribution in [3.05, 3.63) is 45.4 Å². The molecule has 1 atom stereocenters. The Balaban J connectivity index is 1.31. The molecule has 7 nitrogen and oxygen atoms in total. The van der Waals surface area contributed by atoms with Crippen molar-refractivity contribution in [2.24, 2.45) is 0 Å². The number of hydrogen-bond donors (Lipinski definition) is 0. The fourth-order valence-electron chi connectivity index (χ4n) is 4.96.